The van der Waals surface area contributed by atoms with Gasteiger partial charge in [-0.05, 0) is 80.0 Å². The van der Waals surface area contributed by atoms with E-state index in [-0.39, 0.29) is 11.3 Å². The van der Waals surface area contributed by atoms with Crippen LogP contribution in [0.2, 0.25) is 0 Å². The number of anilines is 3. The van der Waals surface area contributed by atoms with Crippen molar-refractivity contribution in [2.45, 2.75) is 72.6 Å². The summed E-state index contributed by atoms with van der Waals surface area (Å²) in [5.74, 6) is 2.28. The molecular formula is C38H46N8O2. The summed E-state index contributed by atoms with van der Waals surface area (Å²) in [6.45, 7) is 18.0. The highest BCUT2D eigenvalue weighted by Gasteiger charge is 2.36. The molecule has 6 heterocycles. The number of hydrogen-bond donors (Lipinski definition) is 1. The smallest absolute Gasteiger partial charge is 0.270 e. The molecule has 4 aromatic rings. The molecule has 3 aromatic heterocycles. The van der Waals surface area contributed by atoms with E-state index < -0.39 is 0 Å². The molecule has 0 saturated carbocycles. The highest BCUT2D eigenvalue weighted by atomic mass is 16.5. The van der Waals surface area contributed by atoms with Crippen LogP contribution in [0.4, 0.5) is 17.3 Å². The molecule has 1 aromatic carbocycles. The van der Waals surface area contributed by atoms with Gasteiger partial charge >= 0.3 is 0 Å². The Kier molecular flexibility index (Phi) is 7.75. The third kappa shape index (κ3) is 5.85. The van der Waals surface area contributed by atoms with E-state index in [1.54, 1.807) is 0 Å². The number of amides is 1. The van der Waals surface area contributed by atoms with E-state index in [1.165, 1.54) is 11.3 Å². The van der Waals surface area contributed by atoms with E-state index >= 15 is 0 Å². The van der Waals surface area contributed by atoms with E-state index in [0.29, 0.717) is 30.3 Å². The lowest BCUT2D eigenvalue weighted by atomic mass is 9.90. The molecule has 0 bridgehead atoms. The molecule has 2 saturated heterocycles. The zero-order valence-corrected chi connectivity index (χ0v) is 28.8. The van der Waals surface area contributed by atoms with E-state index in [9.17, 15) is 4.79 Å². The van der Waals surface area contributed by atoms with Gasteiger partial charge in [0.15, 0.2) is 0 Å². The third-order valence-corrected chi connectivity index (χ3v) is 10.7. The first-order valence-corrected chi connectivity index (χ1v) is 17.4. The van der Waals surface area contributed by atoms with Crippen LogP contribution in [0.25, 0.3) is 11.3 Å². The van der Waals surface area contributed by atoms with Crippen LogP contribution in [0.3, 0.4) is 0 Å². The lowest BCUT2D eigenvalue weighted by molar-refractivity contribution is -0.0691. The van der Waals surface area contributed by atoms with Crippen LogP contribution < -0.4 is 10.2 Å². The van der Waals surface area contributed by atoms with Crippen LogP contribution in [-0.2, 0) is 30.7 Å². The van der Waals surface area contributed by atoms with Crippen molar-refractivity contribution in [2.24, 2.45) is 5.41 Å². The third-order valence-electron chi connectivity index (χ3n) is 10.7. The molecule has 4 aliphatic rings. The highest BCUT2D eigenvalue weighted by Crippen LogP contribution is 2.39. The SMILES string of the molecule is Cc1nc(Nc2ccc(N3CCN(C4COC4)C[C@@H]3C)cn2)cc(-c2ccc(CN3CCn4c(cc5c4CC(C)(C)C5)C3=O)c(C)c2)n1. The Morgan fingerprint density at radius 2 is 1.81 bits per heavy atom. The van der Waals surface area contributed by atoms with Gasteiger partial charge in [0.2, 0.25) is 0 Å². The van der Waals surface area contributed by atoms with Crippen LogP contribution in [-0.4, -0.2) is 86.7 Å². The zero-order chi connectivity index (χ0) is 33.2. The standard InChI is InChI=1S/C38H46N8O2/c1-24-14-27(6-7-28(24)21-44-11-13-46-33(37(44)47)15-29-17-38(4,5)18-34(29)46)32-16-36(41-26(3)40-32)42-35-9-8-30(19-39-35)45-12-10-43(20-25(45)2)31-22-48-23-31/h6-9,14-16,19,25,31H,10-13,17-18,20-23H2,1-5H3,(H,39,40,41,42)/t25-/m0/s1. The molecule has 8 rings (SSSR count). The predicted octanol–water partition coefficient (Wildman–Crippen LogP) is 5.39. The summed E-state index contributed by atoms with van der Waals surface area (Å²) in [7, 11) is 0. The Labute approximate surface area is 283 Å². The molecule has 0 spiro atoms. The number of nitrogens with zero attached hydrogens (tertiary/aromatic N) is 7. The highest BCUT2D eigenvalue weighted by molar-refractivity contribution is 5.94. The molecule has 0 unspecified atom stereocenters. The average Bonchev–Trinajstić information content (AvgIpc) is 3.51. The molecule has 1 amide bonds. The molecule has 250 valence electrons. The number of nitrogens with one attached hydrogen (secondary N) is 1. The van der Waals surface area contributed by atoms with Gasteiger partial charge in [-0.3, -0.25) is 9.69 Å². The maximum Gasteiger partial charge on any atom is 0.270 e. The van der Waals surface area contributed by atoms with Crippen molar-refractivity contribution in [2.75, 3.05) is 49.6 Å². The summed E-state index contributed by atoms with van der Waals surface area (Å²) in [4.78, 5) is 34.7. The number of pyridine rings is 1. The Balaban J connectivity index is 0.929. The molecule has 0 radical (unpaired) electrons. The van der Waals surface area contributed by atoms with Crippen molar-refractivity contribution in [1.29, 1.82) is 0 Å². The largest absolute Gasteiger partial charge is 0.378 e. The first-order chi connectivity index (χ1) is 23.1. The molecule has 3 aliphatic heterocycles. The second-order valence-corrected chi connectivity index (χ2v) is 15.0. The number of carbonyl (C=O) groups is 1. The number of rotatable bonds is 7. The molecule has 1 N–H and O–H groups in total. The normalized spacial score (nSPS) is 20.9. The monoisotopic (exact) mass is 646 g/mol. The maximum atomic E-state index is 13.5. The Morgan fingerprint density at radius 1 is 0.958 bits per heavy atom. The summed E-state index contributed by atoms with van der Waals surface area (Å²) in [6, 6.07) is 15.7. The molecule has 2 fully saturated rings. The Hall–Kier alpha value is -4.28. The fraction of sp³-hybridized carbons (Fsp3) is 0.474. The zero-order valence-electron chi connectivity index (χ0n) is 28.8. The van der Waals surface area contributed by atoms with Gasteiger partial charge in [0.05, 0.1) is 36.8 Å². The quantitative estimate of drug-likeness (QED) is 0.286. The summed E-state index contributed by atoms with van der Waals surface area (Å²) in [5, 5.41) is 3.40. The number of benzene rings is 1. The number of hydrogen-bond acceptors (Lipinski definition) is 8. The van der Waals surface area contributed by atoms with Crippen molar-refractivity contribution < 1.29 is 9.53 Å². The minimum Gasteiger partial charge on any atom is -0.378 e. The second-order valence-electron chi connectivity index (χ2n) is 15.0. The molecule has 48 heavy (non-hydrogen) atoms. The number of aromatic nitrogens is 4. The van der Waals surface area contributed by atoms with E-state index in [1.807, 2.05) is 30.2 Å². The van der Waals surface area contributed by atoms with Crippen molar-refractivity contribution in [3.63, 3.8) is 0 Å². The van der Waals surface area contributed by atoms with Crippen LogP contribution >= 0.6 is 0 Å². The van der Waals surface area contributed by atoms with Crippen molar-refractivity contribution in [1.82, 2.24) is 29.3 Å². The average molecular weight is 647 g/mol. The lowest BCUT2D eigenvalue weighted by Gasteiger charge is -2.46. The molecule has 10 heteroatoms. The van der Waals surface area contributed by atoms with Crippen LogP contribution in [0.15, 0.2) is 48.7 Å². The van der Waals surface area contributed by atoms with Gasteiger partial charge in [-0.2, -0.15) is 0 Å². The van der Waals surface area contributed by atoms with Gasteiger partial charge in [-0.1, -0.05) is 26.0 Å². The summed E-state index contributed by atoms with van der Waals surface area (Å²) in [5.41, 5.74) is 9.16. The minimum atomic E-state index is 0.136. The summed E-state index contributed by atoms with van der Waals surface area (Å²) < 4.78 is 7.68. The number of carbonyl (C=O) groups excluding carboxylic acids is 1. The lowest BCUT2D eigenvalue weighted by Crippen LogP contribution is -2.59. The second kappa shape index (κ2) is 12.0. The Morgan fingerprint density at radius 3 is 2.54 bits per heavy atom. The van der Waals surface area contributed by atoms with Gasteiger partial charge in [0.1, 0.15) is 23.2 Å². The molecule has 1 atom stereocenters. The first-order valence-electron chi connectivity index (χ1n) is 17.4. The predicted molar refractivity (Wildman–Crippen MR) is 188 cm³/mol. The van der Waals surface area contributed by atoms with Crippen molar-refractivity contribution in [3.05, 3.63) is 82.6 Å². The van der Waals surface area contributed by atoms with Gasteiger partial charge in [0, 0.05) is 62.6 Å². The molecule has 1 aliphatic carbocycles. The first kappa shape index (κ1) is 31.0. The maximum absolute atomic E-state index is 13.5. The van der Waals surface area contributed by atoms with Crippen LogP contribution in [0.5, 0.6) is 0 Å². The van der Waals surface area contributed by atoms with Gasteiger partial charge in [-0.25, -0.2) is 15.0 Å². The Bertz CT molecular complexity index is 1860. The molecular weight excluding hydrogens is 600 g/mol. The fourth-order valence-corrected chi connectivity index (χ4v) is 8.02. The minimum absolute atomic E-state index is 0.136. The van der Waals surface area contributed by atoms with Gasteiger partial charge in [0.25, 0.3) is 5.91 Å². The number of piperazine rings is 1. The summed E-state index contributed by atoms with van der Waals surface area (Å²) in [6.07, 6.45) is 4.05. The van der Waals surface area contributed by atoms with Crippen LogP contribution in [0.1, 0.15) is 59.5 Å². The van der Waals surface area contributed by atoms with E-state index in [4.69, 9.17) is 14.7 Å². The summed E-state index contributed by atoms with van der Waals surface area (Å²) >= 11 is 0. The van der Waals surface area contributed by atoms with E-state index in [0.717, 1.165) is 98.4 Å². The van der Waals surface area contributed by atoms with E-state index in [2.05, 4.69) is 82.7 Å². The topological polar surface area (TPSA) is 91.7 Å². The van der Waals surface area contributed by atoms with Crippen LogP contribution in [0, 0.1) is 19.3 Å². The number of ether oxygens (including phenoxy) is 1. The van der Waals surface area contributed by atoms with Gasteiger partial charge < -0.3 is 24.4 Å². The fourth-order valence-electron chi connectivity index (χ4n) is 8.02. The molecule has 10 nitrogen and oxygen atoms in total. The van der Waals surface area contributed by atoms with Gasteiger partial charge in [-0.15, -0.1) is 0 Å². The van der Waals surface area contributed by atoms with Crippen molar-refractivity contribution >= 4 is 23.2 Å². The number of fused-ring (bicyclic) bond motifs is 3. The van der Waals surface area contributed by atoms with Crippen molar-refractivity contribution in [3.8, 4) is 11.3 Å². The number of aryl methyl sites for hydroxylation is 2.